The van der Waals surface area contributed by atoms with Gasteiger partial charge < -0.3 is 0 Å². The summed E-state index contributed by atoms with van der Waals surface area (Å²) < 4.78 is 61.7. The van der Waals surface area contributed by atoms with E-state index in [1.54, 1.807) is 0 Å². The highest BCUT2D eigenvalue weighted by Crippen LogP contribution is 2.23. The summed E-state index contributed by atoms with van der Waals surface area (Å²) in [6, 6.07) is 2.33. The molecule has 104 valence electrons. The van der Waals surface area contributed by atoms with E-state index in [4.69, 9.17) is 0 Å². The first kappa shape index (κ1) is 14.6. The Labute approximate surface area is 118 Å². The average molecular weight is 370 g/mol. The van der Waals surface area contributed by atoms with E-state index in [0.717, 1.165) is 23.6 Å². The summed E-state index contributed by atoms with van der Waals surface area (Å²) in [5, 5.41) is 0.972. The van der Waals surface area contributed by atoms with Crippen LogP contribution in [0.15, 0.2) is 39.1 Å². The van der Waals surface area contributed by atoms with Crippen LogP contribution in [0.2, 0.25) is 0 Å². The van der Waals surface area contributed by atoms with Crippen molar-refractivity contribution in [2.45, 2.75) is 10.9 Å². The molecule has 1 aliphatic rings. The Hall–Kier alpha value is -0.770. The van der Waals surface area contributed by atoms with Crippen LogP contribution in [0.5, 0.6) is 0 Å². The number of hydrogen-bond acceptors (Lipinski definition) is 4. The van der Waals surface area contributed by atoms with Gasteiger partial charge in [0.2, 0.25) is 10.0 Å². The first-order valence-electron chi connectivity index (χ1n) is 5.08. The van der Waals surface area contributed by atoms with Gasteiger partial charge in [-0.3, -0.25) is 0 Å². The zero-order chi connectivity index (χ0) is 14.3. The molecule has 19 heavy (non-hydrogen) atoms. The van der Waals surface area contributed by atoms with Crippen molar-refractivity contribution in [3.63, 3.8) is 0 Å². The third kappa shape index (κ3) is 3.41. The second-order valence-electron chi connectivity index (χ2n) is 3.96. The van der Waals surface area contributed by atoms with Crippen LogP contribution >= 0.6 is 15.9 Å². The summed E-state index contributed by atoms with van der Waals surface area (Å²) in [5.41, 5.74) is 0. The minimum atomic E-state index is -3.92. The second kappa shape index (κ2) is 4.97. The van der Waals surface area contributed by atoms with Gasteiger partial charge in [-0.05, 0) is 34.1 Å². The van der Waals surface area contributed by atoms with E-state index in [1.807, 2.05) is 0 Å². The molecule has 9 heteroatoms. The van der Waals surface area contributed by atoms with E-state index >= 15 is 0 Å². The number of rotatable bonds is 3. The van der Waals surface area contributed by atoms with Crippen molar-refractivity contribution >= 4 is 35.8 Å². The quantitative estimate of drug-likeness (QED) is 0.867. The van der Waals surface area contributed by atoms with E-state index in [0.29, 0.717) is 0 Å². The van der Waals surface area contributed by atoms with Gasteiger partial charge in [-0.1, -0.05) is 6.08 Å². The number of hydrogen-bond donors (Lipinski definition) is 1. The molecule has 1 aromatic rings. The van der Waals surface area contributed by atoms with Gasteiger partial charge in [-0.15, -0.1) is 0 Å². The predicted octanol–water partition coefficient (Wildman–Crippen LogP) is 1.18. The van der Waals surface area contributed by atoms with Crippen LogP contribution < -0.4 is 4.72 Å². The van der Waals surface area contributed by atoms with Crippen molar-refractivity contribution < 1.29 is 21.2 Å². The molecule has 0 saturated heterocycles. The van der Waals surface area contributed by atoms with Crippen LogP contribution in [-0.2, 0) is 19.9 Å². The van der Waals surface area contributed by atoms with Gasteiger partial charge in [0.15, 0.2) is 9.84 Å². The lowest BCUT2D eigenvalue weighted by Crippen LogP contribution is -2.35. The molecule has 1 atom stereocenters. The van der Waals surface area contributed by atoms with Crippen LogP contribution in [0.1, 0.15) is 0 Å². The lowest BCUT2D eigenvalue weighted by atomic mass is 10.3. The first-order chi connectivity index (χ1) is 8.70. The van der Waals surface area contributed by atoms with Gasteiger partial charge in [0.05, 0.1) is 16.7 Å². The van der Waals surface area contributed by atoms with Crippen LogP contribution in [0.3, 0.4) is 0 Å². The molecule has 1 aromatic carbocycles. The second-order valence-corrected chi connectivity index (χ2v) is 8.43. The maximum atomic E-state index is 12.9. The summed E-state index contributed by atoms with van der Waals surface area (Å²) in [4.78, 5) is -0.147. The highest BCUT2D eigenvalue weighted by Gasteiger charge is 2.27. The monoisotopic (exact) mass is 369 g/mol. The average Bonchev–Trinajstić information content (AvgIpc) is 2.56. The van der Waals surface area contributed by atoms with Crippen LogP contribution in [-0.4, -0.2) is 28.6 Å². The molecule has 2 rings (SSSR count). The zero-order valence-electron chi connectivity index (χ0n) is 9.38. The predicted molar refractivity (Wildman–Crippen MR) is 71.1 cm³/mol. The molecule has 1 aliphatic heterocycles. The minimum absolute atomic E-state index is 0.0739. The summed E-state index contributed by atoms with van der Waals surface area (Å²) in [6.07, 6.45) is 1.27. The summed E-state index contributed by atoms with van der Waals surface area (Å²) in [6.45, 7) is 0. The smallest absolute Gasteiger partial charge is 0.224 e. The van der Waals surface area contributed by atoms with Gasteiger partial charge in [-0.2, -0.15) is 0 Å². The lowest BCUT2D eigenvalue weighted by molar-refractivity contribution is 0.573. The Kier molecular flexibility index (Phi) is 3.83. The summed E-state index contributed by atoms with van der Waals surface area (Å²) in [5.74, 6) is -0.889. The van der Waals surface area contributed by atoms with Crippen LogP contribution in [0, 0.1) is 5.82 Å². The standard InChI is InChI=1S/C10H9BrFNO4S2/c11-9-5-7(12)1-2-10(9)19(16,17)13-8-3-4-18(14,15)6-8/h1-5,8,13H,6H2. The van der Waals surface area contributed by atoms with Crippen LogP contribution in [0.4, 0.5) is 4.39 Å². The number of nitrogens with one attached hydrogen (secondary N) is 1. The van der Waals surface area contributed by atoms with Gasteiger partial charge in [0.25, 0.3) is 0 Å². The highest BCUT2D eigenvalue weighted by atomic mass is 79.9. The van der Waals surface area contributed by atoms with Gasteiger partial charge in [-0.25, -0.2) is 25.9 Å². The maximum Gasteiger partial charge on any atom is 0.242 e. The van der Waals surface area contributed by atoms with Gasteiger partial charge >= 0.3 is 0 Å². The van der Waals surface area contributed by atoms with E-state index in [-0.39, 0.29) is 15.1 Å². The molecule has 0 fully saturated rings. The molecule has 0 saturated carbocycles. The molecular formula is C10H9BrFNO4S2. The van der Waals surface area contributed by atoms with Crippen molar-refractivity contribution in [2.75, 3.05) is 5.75 Å². The third-order valence-corrected chi connectivity index (χ3v) is 6.28. The SMILES string of the molecule is O=S1(=O)C=CC(NS(=O)(=O)c2ccc(F)cc2Br)C1. The first-order valence-corrected chi connectivity index (χ1v) is 9.07. The fraction of sp³-hybridized carbons (Fsp3) is 0.200. The largest absolute Gasteiger partial charge is 0.242 e. The third-order valence-electron chi connectivity index (χ3n) is 2.42. The minimum Gasteiger partial charge on any atom is -0.224 e. The molecule has 0 spiro atoms. The number of sulfone groups is 1. The van der Waals surface area contributed by atoms with E-state index in [1.165, 1.54) is 6.08 Å². The van der Waals surface area contributed by atoms with E-state index < -0.39 is 31.7 Å². The summed E-state index contributed by atoms with van der Waals surface area (Å²) in [7, 11) is -7.27. The molecule has 5 nitrogen and oxygen atoms in total. The zero-order valence-corrected chi connectivity index (χ0v) is 12.6. The van der Waals surface area contributed by atoms with Gasteiger partial charge in [0, 0.05) is 9.88 Å². The molecule has 1 N–H and O–H groups in total. The normalized spacial score (nSPS) is 21.7. The van der Waals surface area contributed by atoms with Crippen molar-refractivity contribution in [2.24, 2.45) is 0 Å². The molecular weight excluding hydrogens is 361 g/mol. The Morgan fingerprint density at radius 1 is 1.37 bits per heavy atom. The highest BCUT2D eigenvalue weighted by molar-refractivity contribution is 9.10. The number of sulfonamides is 1. The molecule has 1 unspecified atom stereocenters. The van der Waals surface area contributed by atoms with Crippen molar-refractivity contribution in [3.05, 3.63) is 40.0 Å². The molecule has 1 heterocycles. The molecule has 0 aromatic heterocycles. The topological polar surface area (TPSA) is 80.3 Å². The van der Waals surface area contributed by atoms with Crippen LogP contribution in [0.25, 0.3) is 0 Å². The summed E-state index contributed by atoms with van der Waals surface area (Å²) >= 11 is 2.96. The van der Waals surface area contributed by atoms with Crippen molar-refractivity contribution in [1.29, 1.82) is 0 Å². The van der Waals surface area contributed by atoms with E-state index in [2.05, 4.69) is 20.7 Å². The fourth-order valence-corrected chi connectivity index (χ4v) is 5.19. The lowest BCUT2D eigenvalue weighted by Gasteiger charge is -2.12. The van der Waals surface area contributed by atoms with Crippen molar-refractivity contribution in [3.8, 4) is 0 Å². The van der Waals surface area contributed by atoms with Gasteiger partial charge in [0.1, 0.15) is 5.82 Å². The molecule has 0 bridgehead atoms. The Morgan fingerprint density at radius 3 is 2.58 bits per heavy atom. The molecule has 0 aliphatic carbocycles. The number of halogens is 2. The Morgan fingerprint density at radius 2 is 2.05 bits per heavy atom. The Bertz CT molecular complexity index is 743. The van der Waals surface area contributed by atoms with Crippen molar-refractivity contribution in [1.82, 2.24) is 4.72 Å². The fourth-order valence-electron chi connectivity index (χ4n) is 1.61. The Balaban J connectivity index is 2.27. The van der Waals surface area contributed by atoms with E-state index in [9.17, 15) is 21.2 Å². The molecule has 0 amide bonds. The molecule has 0 radical (unpaired) electrons. The number of benzene rings is 1. The maximum absolute atomic E-state index is 12.9.